The Morgan fingerprint density at radius 1 is 1.04 bits per heavy atom. The largest absolute Gasteiger partial charge is 0.462 e. The van der Waals surface area contributed by atoms with Gasteiger partial charge in [-0.25, -0.2) is 4.79 Å². The second kappa shape index (κ2) is 8.13. The fourth-order valence-electron chi connectivity index (χ4n) is 2.29. The molecule has 0 saturated heterocycles. The first kappa shape index (κ1) is 16.7. The molecule has 0 spiro atoms. The van der Waals surface area contributed by atoms with Crippen LogP contribution in [0.5, 0.6) is 0 Å². The summed E-state index contributed by atoms with van der Waals surface area (Å²) in [6.45, 7) is 4.13. The molecule has 0 bridgehead atoms. The van der Waals surface area contributed by atoms with Crippen molar-refractivity contribution in [1.29, 1.82) is 0 Å². The summed E-state index contributed by atoms with van der Waals surface area (Å²) in [5.41, 5.74) is 2.28. The Balaban J connectivity index is 1.91. The molecule has 120 valence electrons. The van der Waals surface area contributed by atoms with Crippen molar-refractivity contribution in [2.45, 2.75) is 26.2 Å². The average molecular weight is 311 g/mol. The maximum Gasteiger partial charge on any atom is 0.338 e. The Morgan fingerprint density at radius 3 is 2.30 bits per heavy atom. The van der Waals surface area contributed by atoms with Crippen LogP contribution in [-0.4, -0.2) is 18.5 Å². The number of ether oxygens (including phenoxy) is 1. The van der Waals surface area contributed by atoms with Crippen LogP contribution < -0.4 is 5.32 Å². The Bertz CT molecular complexity index is 650. The summed E-state index contributed by atoms with van der Waals surface area (Å²) in [4.78, 5) is 23.7. The zero-order chi connectivity index (χ0) is 16.7. The maximum atomic E-state index is 12.1. The van der Waals surface area contributed by atoms with Gasteiger partial charge in [0.05, 0.1) is 12.2 Å². The van der Waals surface area contributed by atoms with Gasteiger partial charge in [-0.05, 0) is 42.7 Å². The number of hydrogen-bond donors (Lipinski definition) is 1. The van der Waals surface area contributed by atoms with Gasteiger partial charge in [-0.2, -0.15) is 0 Å². The molecule has 0 saturated carbocycles. The topological polar surface area (TPSA) is 55.4 Å². The molecule has 1 N–H and O–H groups in total. The molecule has 0 aromatic heterocycles. The minimum Gasteiger partial charge on any atom is -0.462 e. The lowest BCUT2D eigenvalue weighted by atomic mass is 9.97. The molecular weight excluding hydrogens is 290 g/mol. The van der Waals surface area contributed by atoms with E-state index < -0.39 is 0 Å². The summed E-state index contributed by atoms with van der Waals surface area (Å²) < 4.78 is 4.92. The number of benzene rings is 2. The SMILES string of the molecule is CCOC(=O)c1ccc(NC(=O)C[C@H](C)c2ccccc2)cc1. The Labute approximate surface area is 136 Å². The zero-order valence-electron chi connectivity index (χ0n) is 13.4. The van der Waals surface area contributed by atoms with Gasteiger partial charge in [-0.15, -0.1) is 0 Å². The van der Waals surface area contributed by atoms with Gasteiger partial charge in [0.25, 0.3) is 0 Å². The highest BCUT2D eigenvalue weighted by atomic mass is 16.5. The summed E-state index contributed by atoms with van der Waals surface area (Å²) in [6, 6.07) is 16.6. The Kier molecular flexibility index (Phi) is 5.92. The van der Waals surface area contributed by atoms with Crippen molar-refractivity contribution in [3.05, 3.63) is 65.7 Å². The number of nitrogens with one attached hydrogen (secondary N) is 1. The average Bonchev–Trinajstić information content (AvgIpc) is 2.56. The van der Waals surface area contributed by atoms with Crippen LogP contribution in [0.3, 0.4) is 0 Å². The molecule has 2 aromatic rings. The molecule has 1 amide bonds. The number of amides is 1. The third-order valence-corrected chi connectivity index (χ3v) is 3.54. The molecule has 4 heteroatoms. The van der Waals surface area contributed by atoms with Crippen molar-refractivity contribution in [2.24, 2.45) is 0 Å². The van der Waals surface area contributed by atoms with E-state index >= 15 is 0 Å². The van der Waals surface area contributed by atoms with Crippen LogP contribution in [0.1, 0.15) is 42.1 Å². The number of hydrogen-bond acceptors (Lipinski definition) is 3. The molecular formula is C19H21NO3. The molecule has 2 rings (SSSR count). The fourth-order valence-corrected chi connectivity index (χ4v) is 2.29. The molecule has 0 radical (unpaired) electrons. The van der Waals surface area contributed by atoms with Gasteiger partial charge in [0.2, 0.25) is 5.91 Å². The summed E-state index contributed by atoms with van der Waals surface area (Å²) in [7, 11) is 0. The highest BCUT2D eigenvalue weighted by Gasteiger charge is 2.12. The monoisotopic (exact) mass is 311 g/mol. The van der Waals surface area contributed by atoms with Crippen LogP contribution >= 0.6 is 0 Å². The first-order valence-electron chi connectivity index (χ1n) is 7.72. The van der Waals surface area contributed by atoms with E-state index in [1.807, 2.05) is 37.3 Å². The minimum atomic E-state index is -0.358. The number of carbonyl (C=O) groups excluding carboxylic acids is 2. The maximum absolute atomic E-state index is 12.1. The Hall–Kier alpha value is -2.62. The third-order valence-electron chi connectivity index (χ3n) is 3.54. The Morgan fingerprint density at radius 2 is 1.70 bits per heavy atom. The lowest BCUT2D eigenvalue weighted by Gasteiger charge is -2.12. The highest BCUT2D eigenvalue weighted by molar-refractivity contribution is 5.93. The van der Waals surface area contributed by atoms with E-state index in [-0.39, 0.29) is 17.8 Å². The van der Waals surface area contributed by atoms with E-state index in [0.717, 1.165) is 5.56 Å². The minimum absolute atomic E-state index is 0.0507. The van der Waals surface area contributed by atoms with Crippen LogP contribution in [0.2, 0.25) is 0 Å². The second-order valence-corrected chi connectivity index (χ2v) is 5.36. The van der Waals surface area contributed by atoms with Crippen LogP contribution in [0.4, 0.5) is 5.69 Å². The predicted molar refractivity (Wildman–Crippen MR) is 90.5 cm³/mol. The first-order chi connectivity index (χ1) is 11.1. The van der Waals surface area contributed by atoms with Gasteiger partial charge < -0.3 is 10.1 Å². The normalized spacial score (nSPS) is 11.6. The van der Waals surface area contributed by atoms with E-state index in [1.54, 1.807) is 31.2 Å². The lowest BCUT2D eigenvalue weighted by Crippen LogP contribution is -2.14. The van der Waals surface area contributed by atoms with E-state index in [2.05, 4.69) is 5.32 Å². The zero-order valence-corrected chi connectivity index (χ0v) is 13.4. The van der Waals surface area contributed by atoms with Crippen LogP contribution in [0.25, 0.3) is 0 Å². The van der Waals surface area contributed by atoms with Gasteiger partial charge in [0.15, 0.2) is 0 Å². The van der Waals surface area contributed by atoms with Crippen LogP contribution in [0, 0.1) is 0 Å². The molecule has 1 atom stereocenters. The van der Waals surface area contributed by atoms with Gasteiger partial charge in [-0.1, -0.05) is 37.3 Å². The number of rotatable bonds is 6. The van der Waals surface area contributed by atoms with Crippen LogP contribution in [-0.2, 0) is 9.53 Å². The molecule has 0 aliphatic rings. The van der Waals surface area contributed by atoms with Gasteiger partial charge >= 0.3 is 5.97 Å². The second-order valence-electron chi connectivity index (χ2n) is 5.36. The standard InChI is InChI=1S/C19H21NO3/c1-3-23-19(22)16-9-11-17(12-10-16)20-18(21)13-14(2)15-7-5-4-6-8-15/h4-12,14H,3,13H2,1-2H3,(H,20,21)/t14-/m0/s1. The first-order valence-corrected chi connectivity index (χ1v) is 7.72. The highest BCUT2D eigenvalue weighted by Crippen LogP contribution is 2.19. The molecule has 2 aromatic carbocycles. The molecule has 4 nitrogen and oxygen atoms in total. The smallest absolute Gasteiger partial charge is 0.338 e. The molecule has 0 aliphatic carbocycles. The quantitative estimate of drug-likeness (QED) is 0.821. The van der Waals surface area contributed by atoms with Crippen molar-refractivity contribution in [3.63, 3.8) is 0 Å². The van der Waals surface area contributed by atoms with Crippen molar-refractivity contribution in [1.82, 2.24) is 0 Å². The molecule has 23 heavy (non-hydrogen) atoms. The summed E-state index contributed by atoms with van der Waals surface area (Å²) in [6.07, 6.45) is 0.406. The summed E-state index contributed by atoms with van der Waals surface area (Å²) >= 11 is 0. The van der Waals surface area contributed by atoms with Crippen molar-refractivity contribution < 1.29 is 14.3 Å². The van der Waals surface area contributed by atoms with E-state index in [1.165, 1.54) is 0 Å². The van der Waals surface area contributed by atoms with Gasteiger partial charge in [-0.3, -0.25) is 4.79 Å². The van der Waals surface area contributed by atoms with Gasteiger partial charge in [0.1, 0.15) is 0 Å². The van der Waals surface area contributed by atoms with E-state index in [9.17, 15) is 9.59 Å². The molecule has 0 heterocycles. The van der Waals surface area contributed by atoms with E-state index in [4.69, 9.17) is 4.74 Å². The van der Waals surface area contributed by atoms with Crippen molar-refractivity contribution in [2.75, 3.05) is 11.9 Å². The number of esters is 1. The summed E-state index contributed by atoms with van der Waals surface area (Å²) in [5, 5.41) is 2.85. The number of carbonyl (C=O) groups is 2. The molecule has 0 unspecified atom stereocenters. The van der Waals surface area contributed by atoms with Crippen molar-refractivity contribution in [3.8, 4) is 0 Å². The molecule has 0 aliphatic heterocycles. The fraction of sp³-hybridized carbons (Fsp3) is 0.263. The number of anilines is 1. The summed E-state index contributed by atoms with van der Waals surface area (Å²) in [5.74, 6) is -0.261. The lowest BCUT2D eigenvalue weighted by molar-refractivity contribution is -0.116. The van der Waals surface area contributed by atoms with Gasteiger partial charge in [0, 0.05) is 12.1 Å². The van der Waals surface area contributed by atoms with Crippen molar-refractivity contribution >= 4 is 17.6 Å². The van der Waals surface area contributed by atoms with E-state index in [0.29, 0.717) is 24.3 Å². The third kappa shape index (κ3) is 4.95. The van der Waals surface area contributed by atoms with Crippen LogP contribution in [0.15, 0.2) is 54.6 Å². The predicted octanol–water partition coefficient (Wildman–Crippen LogP) is 4.00. The molecule has 0 fully saturated rings.